The zero-order valence-corrected chi connectivity index (χ0v) is 13.4. The van der Waals surface area contributed by atoms with Crippen molar-refractivity contribution < 1.29 is 19.4 Å². The van der Waals surface area contributed by atoms with E-state index < -0.39 is 27.1 Å². The van der Waals surface area contributed by atoms with Gasteiger partial charge in [-0.05, 0) is 30.3 Å². The molecule has 0 bridgehead atoms. The number of nitrogens with zero attached hydrogens (tertiary/aromatic N) is 2. The van der Waals surface area contributed by atoms with Crippen molar-refractivity contribution in [1.29, 1.82) is 0 Å². The summed E-state index contributed by atoms with van der Waals surface area (Å²) in [5, 5.41) is 24.3. The van der Waals surface area contributed by atoms with E-state index in [-0.39, 0.29) is 17.2 Å². The first kappa shape index (κ1) is 18.3. The summed E-state index contributed by atoms with van der Waals surface area (Å²) < 4.78 is 0. The van der Waals surface area contributed by atoms with Gasteiger partial charge in [-0.1, -0.05) is 0 Å². The van der Waals surface area contributed by atoms with Crippen LogP contribution in [0.3, 0.4) is 0 Å². The molecule has 0 aliphatic carbocycles. The second kappa shape index (κ2) is 7.70. The van der Waals surface area contributed by atoms with Crippen LogP contribution in [0.1, 0.15) is 17.3 Å². The molecule has 0 aromatic heterocycles. The van der Waals surface area contributed by atoms with Gasteiger partial charge in [-0.2, -0.15) is 0 Å². The molecule has 0 spiro atoms. The van der Waals surface area contributed by atoms with Gasteiger partial charge < -0.3 is 5.32 Å². The quantitative estimate of drug-likeness (QED) is 0.527. The van der Waals surface area contributed by atoms with Crippen LogP contribution in [0.25, 0.3) is 0 Å². The number of hydrogen-bond donors (Lipinski definition) is 3. The summed E-state index contributed by atoms with van der Waals surface area (Å²) in [4.78, 5) is 43.2. The molecule has 0 atom stereocenters. The molecule has 2 aromatic carbocycles. The molecule has 11 nitrogen and oxygen atoms in total. The molecule has 11 heteroatoms. The molecule has 0 fully saturated rings. The Labute approximate surface area is 146 Å². The van der Waals surface area contributed by atoms with Gasteiger partial charge in [0.1, 0.15) is 5.69 Å². The average molecular weight is 359 g/mol. The van der Waals surface area contributed by atoms with Crippen LogP contribution in [-0.2, 0) is 4.79 Å². The van der Waals surface area contributed by atoms with Crippen LogP contribution in [0.2, 0.25) is 0 Å². The molecule has 0 saturated heterocycles. The van der Waals surface area contributed by atoms with Crippen LogP contribution in [0.4, 0.5) is 22.7 Å². The average Bonchev–Trinajstić information content (AvgIpc) is 2.59. The number of amides is 2. The van der Waals surface area contributed by atoms with Crippen molar-refractivity contribution >= 4 is 34.6 Å². The van der Waals surface area contributed by atoms with Crippen molar-refractivity contribution in [3.8, 4) is 0 Å². The van der Waals surface area contributed by atoms with Gasteiger partial charge in [0.2, 0.25) is 5.91 Å². The lowest BCUT2D eigenvalue weighted by atomic mass is 10.2. The monoisotopic (exact) mass is 359 g/mol. The zero-order chi connectivity index (χ0) is 19.3. The number of carbonyl (C=O) groups excluding carboxylic acids is 2. The summed E-state index contributed by atoms with van der Waals surface area (Å²) in [6.07, 6.45) is 0. The number of nitrogens with one attached hydrogen (secondary N) is 3. The van der Waals surface area contributed by atoms with Crippen LogP contribution in [0.5, 0.6) is 0 Å². The lowest BCUT2D eigenvalue weighted by Gasteiger charge is -2.09. The van der Waals surface area contributed by atoms with E-state index in [0.29, 0.717) is 5.69 Å². The molecular formula is C15H13N5O6. The molecule has 0 unspecified atom stereocenters. The molecule has 2 rings (SSSR count). The summed E-state index contributed by atoms with van der Waals surface area (Å²) >= 11 is 0. The maximum atomic E-state index is 12.1. The maximum absolute atomic E-state index is 12.1. The summed E-state index contributed by atoms with van der Waals surface area (Å²) in [6.45, 7) is 1.35. The third kappa shape index (κ3) is 4.50. The fourth-order valence-corrected chi connectivity index (χ4v) is 1.99. The first-order chi connectivity index (χ1) is 12.3. The van der Waals surface area contributed by atoms with Crippen LogP contribution in [-0.4, -0.2) is 21.7 Å². The van der Waals surface area contributed by atoms with E-state index >= 15 is 0 Å². The normalized spacial score (nSPS) is 9.88. The van der Waals surface area contributed by atoms with E-state index in [0.717, 1.165) is 18.2 Å². The van der Waals surface area contributed by atoms with E-state index in [9.17, 15) is 29.8 Å². The number of hydrazine groups is 1. The first-order valence-corrected chi connectivity index (χ1v) is 7.15. The van der Waals surface area contributed by atoms with Crippen molar-refractivity contribution in [1.82, 2.24) is 5.43 Å². The zero-order valence-electron chi connectivity index (χ0n) is 13.4. The third-order valence-corrected chi connectivity index (χ3v) is 3.17. The van der Waals surface area contributed by atoms with Gasteiger partial charge in [0.05, 0.1) is 15.9 Å². The van der Waals surface area contributed by atoms with Crippen molar-refractivity contribution in [2.24, 2.45) is 0 Å². The molecular weight excluding hydrogens is 346 g/mol. The predicted octanol–water partition coefficient (Wildman–Crippen LogP) is 2.22. The highest BCUT2D eigenvalue weighted by Crippen LogP contribution is 2.28. The topological polar surface area (TPSA) is 157 Å². The van der Waals surface area contributed by atoms with E-state index in [1.54, 1.807) is 0 Å². The van der Waals surface area contributed by atoms with Crippen molar-refractivity contribution in [3.63, 3.8) is 0 Å². The minimum atomic E-state index is -0.802. The number of carbonyl (C=O) groups is 2. The number of benzene rings is 2. The largest absolute Gasteiger partial charge is 0.326 e. The molecule has 0 heterocycles. The SMILES string of the molecule is CC(=O)Nc1ccc(C(=O)NNc2ccc([N+](=O)[O-])cc2[N+](=O)[O-])cc1. The number of nitro benzene ring substituents is 2. The van der Waals surface area contributed by atoms with Gasteiger partial charge in [0, 0.05) is 24.2 Å². The Bertz CT molecular complexity index is 881. The van der Waals surface area contributed by atoms with Crippen molar-refractivity contribution in [3.05, 3.63) is 68.3 Å². The van der Waals surface area contributed by atoms with Gasteiger partial charge in [-0.25, -0.2) is 0 Å². The van der Waals surface area contributed by atoms with Gasteiger partial charge in [0.15, 0.2) is 0 Å². The van der Waals surface area contributed by atoms with Crippen molar-refractivity contribution in [2.45, 2.75) is 6.92 Å². The Balaban J connectivity index is 2.10. The number of hydrogen-bond acceptors (Lipinski definition) is 7. The smallest absolute Gasteiger partial charge is 0.300 e. The van der Waals surface area contributed by atoms with Crippen LogP contribution < -0.4 is 16.2 Å². The second-order valence-electron chi connectivity index (χ2n) is 5.05. The number of rotatable bonds is 6. The Morgan fingerprint density at radius 2 is 1.62 bits per heavy atom. The van der Waals surface area contributed by atoms with E-state index in [1.165, 1.54) is 31.2 Å². The van der Waals surface area contributed by atoms with Crippen molar-refractivity contribution in [2.75, 3.05) is 10.7 Å². The lowest BCUT2D eigenvalue weighted by molar-refractivity contribution is -0.393. The summed E-state index contributed by atoms with van der Waals surface area (Å²) in [5.41, 5.74) is 4.28. The highest BCUT2D eigenvalue weighted by atomic mass is 16.6. The molecule has 0 aliphatic rings. The molecule has 0 saturated carbocycles. The first-order valence-electron chi connectivity index (χ1n) is 7.15. The summed E-state index contributed by atoms with van der Waals surface area (Å²) in [6, 6.07) is 8.92. The number of nitro groups is 2. The Morgan fingerprint density at radius 3 is 2.15 bits per heavy atom. The standard InChI is InChI=1S/C15H13N5O6/c1-9(21)16-11-4-2-10(3-5-11)15(22)18-17-13-7-6-12(19(23)24)8-14(13)20(25)26/h2-8,17H,1H3,(H,16,21)(H,18,22). The van der Waals surface area contributed by atoms with Crippen LogP contribution in [0, 0.1) is 20.2 Å². The fourth-order valence-electron chi connectivity index (χ4n) is 1.99. The van der Waals surface area contributed by atoms with E-state index in [2.05, 4.69) is 16.2 Å². The molecule has 0 radical (unpaired) electrons. The summed E-state index contributed by atoms with van der Waals surface area (Å²) in [5.74, 6) is -0.846. The fraction of sp³-hybridized carbons (Fsp3) is 0.0667. The highest BCUT2D eigenvalue weighted by Gasteiger charge is 2.19. The Kier molecular flexibility index (Phi) is 5.43. The molecule has 134 valence electrons. The molecule has 2 amide bonds. The summed E-state index contributed by atoms with van der Waals surface area (Å²) in [7, 11) is 0. The number of anilines is 2. The lowest BCUT2D eigenvalue weighted by Crippen LogP contribution is -2.29. The second-order valence-corrected chi connectivity index (χ2v) is 5.05. The van der Waals surface area contributed by atoms with Gasteiger partial charge >= 0.3 is 5.69 Å². The molecule has 0 aliphatic heterocycles. The minimum absolute atomic E-state index is 0.108. The van der Waals surface area contributed by atoms with E-state index in [1.807, 2.05) is 0 Å². The van der Waals surface area contributed by atoms with E-state index in [4.69, 9.17) is 0 Å². The Hall–Kier alpha value is -4.02. The van der Waals surface area contributed by atoms with Gasteiger partial charge in [-0.3, -0.25) is 40.7 Å². The van der Waals surface area contributed by atoms with Gasteiger partial charge in [0.25, 0.3) is 11.6 Å². The molecule has 26 heavy (non-hydrogen) atoms. The molecule has 2 aromatic rings. The predicted molar refractivity (Wildman–Crippen MR) is 91.6 cm³/mol. The maximum Gasteiger partial charge on any atom is 0.300 e. The van der Waals surface area contributed by atoms with Gasteiger partial charge in [-0.15, -0.1) is 0 Å². The number of non-ortho nitro benzene ring substituents is 1. The van der Waals surface area contributed by atoms with Crippen LogP contribution in [0.15, 0.2) is 42.5 Å². The highest BCUT2D eigenvalue weighted by molar-refractivity contribution is 5.96. The molecule has 3 N–H and O–H groups in total. The minimum Gasteiger partial charge on any atom is -0.326 e. The third-order valence-electron chi connectivity index (χ3n) is 3.17. The van der Waals surface area contributed by atoms with Crippen LogP contribution >= 0.6 is 0 Å². The Morgan fingerprint density at radius 1 is 0.962 bits per heavy atom.